The van der Waals surface area contributed by atoms with E-state index in [0.29, 0.717) is 29.1 Å². The Labute approximate surface area is 215 Å². The van der Waals surface area contributed by atoms with Gasteiger partial charge in [-0.15, -0.1) is 0 Å². The molecule has 0 N–H and O–H groups in total. The first-order valence-electron chi connectivity index (χ1n) is 12.8. The lowest BCUT2D eigenvalue weighted by Crippen LogP contribution is -2.64. The smallest absolute Gasteiger partial charge is 0.348 e. The van der Waals surface area contributed by atoms with Crippen molar-refractivity contribution in [3.8, 4) is 5.75 Å². The van der Waals surface area contributed by atoms with Gasteiger partial charge in [-0.2, -0.15) is 0 Å². The molecule has 0 unspecified atom stereocenters. The van der Waals surface area contributed by atoms with E-state index in [9.17, 15) is 19.2 Å². The molecule has 1 aromatic rings. The number of hydrogen-bond donors (Lipinski definition) is 0. The van der Waals surface area contributed by atoms with E-state index in [2.05, 4.69) is 0 Å². The van der Waals surface area contributed by atoms with Gasteiger partial charge in [-0.25, -0.2) is 4.79 Å². The molecule has 4 saturated carbocycles. The van der Waals surface area contributed by atoms with E-state index in [1.54, 1.807) is 31.4 Å². The number of nitrogens with zero attached hydrogens (tertiary/aromatic N) is 1. The molecule has 2 amide bonds. The molecule has 1 aromatic carbocycles. The third kappa shape index (κ3) is 3.21. The summed E-state index contributed by atoms with van der Waals surface area (Å²) in [7, 11) is 3.86. The second-order valence-electron chi connectivity index (χ2n) is 11.2. The number of methoxy groups -OCH3 is 3. The van der Waals surface area contributed by atoms with Crippen LogP contribution in [-0.2, 0) is 33.4 Å². The van der Waals surface area contributed by atoms with E-state index in [1.165, 1.54) is 11.0 Å². The number of carbonyl (C=O) groups is 4. The number of benzene rings is 1. The number of carbonyl (C=O) groups excluding carboxylic acids is 4. The maximum absolute atomic E-state index is 14.4. The zero-order valence-corrected chi connectivity index (χ0v) is 21.2. The molecule has 5 fully saturated rings. The van der Waals surface area contributed by atoms with E-state index in [-0.39, 0.29) is 5.76 Å². The molecule has 4 bridgehead atoms. The van der Waals surface area contributed by atoms with Gasteiger partial charge in [0.25, 0.3) is 5.91 Å². The summed E-state index contributed by atoms with van der Waals surface area (Å²) in [5, 5.41) is 0. The molecule has 0 aromatic heterocycles. The van der Waals surface area contributed by atoms with E-state index in [1.807, 2.05) is 0 Å². The van der Waals surface area contributed by atoms with Crippen molar-refractivity contribution in [2.45, 2.75) is 50.2 Å². The minimum Gasteiger partial charge on any atom is -0.497 e. The molecule has 4 aliphatic carbocycles. The fourth-order valence-electron chi connectivity index (χ4n) is 8.18. The molecule has 9 heteroatoms. The average Bonchev–Trinajstić information content (AvgIpc) is 3.13. The molecule has 7 rings (SSSR count). The average molecular weight is 510 g/mol. The Kier molecular flexibility index (Phi) is 5.40. The molecule has 0 radical (unpaired) electrons. The van der Waals surface area contributed by atoms with Crippen molar-refractivity contribution < 1.29 is 38.1 Å². The van der Waals surface area contributed by atoms with Crippen LogP contribution < -0.4 is 4.74 Å². The van der Waals surface area contributed by atoms with Gasteiger partial charge < -0.3 is 18.9 Å². The summed E-state index contributed by atoms with van der Waals surface area (Å²) in [5.74, 6) is -2.10. The topological polar surface area (TPSA) is 108 Å². The van der Waals surface area contributed by atoms with Crippen LogP contribution in [0.4, 0.5) is 0 Å². The molecule has 2 heterocycles. The normalized spacial score (nSPS) is 37.5. The Bertz CT molecular complexity index is 1170. The van der Waals surface area contributed by atoms with Gasteiger partial charge in [0.1, 0.15) is 11.5 Å². The van der Waals surface area contributed by atoms with Crippen LogP contribution in [-0.4, -0.2) is 61.6 Å². The van der Waals surface area contributed by atoms with Crippen molar-refractivity contribution in [1.29, 1.82) is 0 Å². The SMILES string of the molecule is COC(=O)[C@H]1OC(c2ccc(OC)cc2)=C[C@H]2C(=O)N(C34CC5CC(CC(C5)C3)C4)C(=O)[C@@]12C(=O)OC. The number of amides is 2. The molecule has 196 valence electrons. The van der Waals surface area contributed by atoms with Crippen molar-refractivity contribution >= 4 is 29.5 Å². The van der Waals surface area contributed by atoms with Crippen LogP contribution in [0.3, 0.4) is 0 Å². The van der Waals surface area contributed by atoms with Crippen molar-refractivity contribution in [2.24, 2.45) is 29.1 Å². The first kappa shape index (κ1) is 24.0. The Hall–Kier alpha value is -3.36. The minimum atomic E-state index is -2.18. The van der Waals surface area contributed by atoms with Crippen molar-refractivity contribution in [3.05, 3.63) is 35.9 Å². The van der Waals surface area contributed by atoms with Gasteiger partial charge in [-0.1, -0.05) is 0 Å². The van der Waals surface area contributed by atoms with Gasteiger partial charge in [-0.05, 0) is 86.6 Å². The molecule has 1 saturated heterocycles. The zero-order chi connectivity index (χ0) is 26.1. The lowest BCUT2D eigenvalue weighted by Gasteiger charge is -2.59. The lowest BCUT2D eigenvalue weighted by atomic mass is 9.52. The highest BCUT2D eigenvalue weighted by molar-refractivity contribution is 6.21. The Morgan fingerprint density at radius 2 is 1.51 bits per heavy atom. The number of likely N-dealkylation sites (tertiary alicyclic amines) is 1. The van der Waals surface area contributed by atoms with Crippen LogP contribution in [0, 0.1) is 29.1 Å². The first-order chi connectivity index (χ1) is 17.8. The van der Waals surface area contributed by atoms with Crippen molar-refractivity contribution in [2.75, 3.05) is 21.3 Å². The van der Waals surface area contributed by atoms with E-state index in [4.69, 9.17) is 18.9 Å². The van der Waals surface area contributed by atoms with Gasteiger partial charge in [0.2, 0.25) is 17.4 Å². The molecule has 0 spiro atoms. The summed E-state index contributed by atoms with van der Waals surface area (Å²) < 4.78 is 21.4. The Morgan fingerprint density at radius 1 is 0.919 bits per heavy atom. The number of hydrogen-bond acceptors (Lipinski definition) is 8. The number of esters is 2. The Balaban J connectivity index is 1.50. The van der Waals surface area contributed by atoms with Gasteiger partial charge in [0, 0.05) is 5.56 Å². The monoisotopic (exact) mass is 509 g/mol. The van der Waals surface area contributed by atoms with Crippen LogP contribution >= 0.6 is 0 Å². The summed E-state index contributed by atoms with van der Waals surface area (Å²) in [6.07, 6.45) is 5.40. The van der Waals surface area contributed by atoms with E-state index < -0.39 is 46.7 Å². The molecular weight excluding hydrogens is 478 g/mol. The van der Waals surface area contributed by atoms with Gasteiger partial charge in [0.05, 0.1) is 32.8 Å². The van der Waals surface area contributed by atoms with Crippen LogP contribution in [0.2, 0.25) is 0 Å². The number of ether oxygens (including phenoxy) is 4. The Morgan fingerprint density at radius 3 is 2.03 bits per heavy atom. The highest BCUT2D eigenvalue weighted by Gasteiger charge is 2.76. The summed E-state index contributed by atoms with van der Waals surface area (Å²) in [5.41, 5.74) is -2.25. The number of fused-ring (bicyclic) bond motifs is 1. The van der Waals surface area contributed by atoms with Gasteiger partial charge in [-0.3, -0.25) is 19.3 Å². The fraction of sp³-hybridized carbons (Fsp3) is 0.571. The summed E-state index contributed by atoms with van der Waals surface area (Å²) in [4.78, 5) is 56.6. The second kappa shape index (κ2) is 8.33. The number of imide groups is 1. The lowest BCUT2D eigenvalue weighted by molar-refractivity contribution is -0.183. The van der Waals surface area contributed by atoms with Crippen LogP contribution in [0.1, 0.15) is 44.1 Å². The van der Waals surface area contributed by atoms with E-state index >= 15 is 0 Å². The van der Waals surface area contributed by atoms with Gasteiger partial charge >= 0.3 is 11.9 Å². The highest BCUT2D eigenvalue weighted by atomic mass is 16.6. The largest absolute Gasteiger partial charge is 0.497 e. The van der Waals surface area contributed by atoms with Crippen molar-refractivity contribution in [3.63, 3.8) is 0 Å². The maximum Gasteiger partial charge on any atom is 0.348 e. The summed E-state index contributed by atoms with van der Waals surface area (Å²) >= 11 is 0. The molecule has 2 aliphatic heterocycles. The first-order valence-corrected chi connectivity index (χ1v) is 12.8. The maximum atomic E-state index is 14.4. The van der Waals surface area contributed by atoms with Crippen LogP contribution in [0.15, 0.2) is 30.3 Å². The summed E-state index contributed by atoms with van der Waals surface area (Å²) in [6.45, 7) is 0. The zero-order valence-electron chi connectivity index (χ0n) is 21.2. The van der Waals surface area contributed by atoms with Gasteiger partial charge in [0.15, 0.2) is 0 Å². The fourth-order valence-corrected chi connectivity index (χ4v) is 8.18. The third-order valence-corrected chi connectivity index (χ3v) is 9.30. The van der Waals surface area contributed by atoms with Crippen LogP contribution in [0.25, 0.3) is 5.76 Å². The molecule has 6 aliphatic rings. The van der Waals surface area contributed by atoms with Crippen LogP contribution in [0.5, 0.6) is 5.75 Å². The quantitative estimate of drug-likeness (QED) is 0.339. The highest BCUT2D eigenvalue weighted by Crippen LogP contribution is 2.61. The van der Waals surface area contributed by atoms with Crippen molar-refractivity contribution in [1.82, 2.24) is 4.90 Å². The molecule has 3 atom stereocenters. The molecular formula is C28H31NO8. The van der Waals surface area contributed by atoms with E-state index in [0.717, 1.165) is 52.7 Å². The molecule has 37 heavy (non-hydrogen) atoms. The standard InChI is InChI=1S/C28H31NO8/c1-34-19-6-4-18(5-7-19)21-11-20-23(30)29(27-12-15-8-16(13-27)10-17(9-15)14-27)25(32)28(20,26(33)36-3)22(37-21)24(31)35-2/h4-7,11,15-17,20,22H,8-10,12-14H2,1-3H3/t15?,16?,17?,20-,22+,27?,28-/m0/s1. The second-order valence-corrected chi connectivity index (χ2v) is 11.2. The summed E-state index contributed by atoms with van der Waals surface area (Å²) in [6, 6.07) is 6.89. The predicted octanol–water partition coefficient (Wildman–Crippen LogP) is 2.72. The third-order valence-electron chi connectivity index (χ3n) is 9.30. The number of rotatable bonds is 5. The minimum absolute atomic E-state index is 0.219. The molecule has 9 nitrogen and oxygen atoms in total. The predicted molar refractivity (Wildman–Crippen MR) is 129 cm³/mol.